The van der Waals surface area contributed by atoms with E-state index >= 15 is 0 Å². The fourth-order valence-electron chi connectivity index (χ4n) is 3.22. The molecule has 1 aliphatic rings. The first-order valence-corrected chi connectivity index (χ1v) is 8.88. The number of nitrogens with zero attached hydrogens (tertiary/aromatic N) is 2. The Bertz CT molecular complexity index is 1010. The van der Waals surface area contributed by atoms with Crippen LogP contribution in [-0.2, 0) is 0 Å². The summed E-state index contributed by atoms with van der Waals surface area (Å²) in [7, 11) is 0. The quantitative estimate of drug-likeness (QED) is 0.622. The maximum atomic E-state index is 12.6. The van der Waals surface area contributed by atoms with Gasteiger partial charge in [0.15, 0.2) is 5.65 Å². The molecule has 0 atom stereocenters. The molecule has 3 N–H and O–H groups in total. The first kappa shape index (κ1) is 19.4. The summed E-state index contributed by atoms with van der Waals surface area (Å²) in [6.45, 7) is 1.81. The first-order valence-electron chi connectivity index (χ1n) is 8.50. The van der Waals surface area contributed by atoms with Crippen LogP contribution in [-0.4, -0.2) is 33.6 Å². The summed E-state index contributed by atoms with van der Waals surface area (Å²) < 4.78 is 1.29. The van der Waals surface area contributed by atoms with Gasteiger partial charge in [-0.05, 0) is 50.2 Å². The van der Waals surface area contributed by atoms with Gasteiger partial charge in [0, 0.05) is 28.9 Å². The maximum absolute atomic E-state index is 12.6. The zero-order valence-electron chi connectivity index (χ0n) is 14.4. The molecule has 3 heterocycles. The Morgan fingerprint density at radius 1 is 1.22 bits per heavy atom. The van der Waals surface area contributed by atoms with Gasteiger partial charge in [0.2, 0.25) is 0 Å². The summed E-state index contributed by atoms with van der Waals surface area (Å²) in [5.74, 6) is -0.101. The van der Waals surface area contributed by atoms with Gasteiger partial charge >= 0.3 is 0 Å². The summed E-state index contributed by atoms with van der Waals surface area (Å²) in [5, 5.41) is 9.50. The molecule has 0 radical (unpaired) electrons. The van der Waals surface area contributed by atoms with Gasteiger partial charge in [0.1, 0.15) is 5.56 Å². The van der Waals surface area contributed by atoms with Crippen LogP contribution < -0.4 is 16.2 Å². The molecule has 1 amide bonds. The van der Waals surface area contributed by atoms with Crippen molar-refractivity contribution in [2.75, 3.05) is 18.4 Å². The first-order chi connectivity index (χ1) is 12.6. The van der Waals surface area contributed by atoms with Crippen molar-refractivity contribution in [1.82, 2.24) is 19.9 Å². The highest BCUT2D eigenvalue weighted by molar-refractivity contribution is 6.30. The van der Waals surface area contributed by atoms with Gasteiger partial charge in [0.05, 0.1) is 5.69 Å². The average molecular weight is 408 g/mol. The number of halogens is 2. The van der Waals surface area contributed by atoms with Gasteiger partial charge in [-0.25, -0.2) is 9.50 Å². The lowest BCUT2D eigenvalue weighted by Crippen LogP contribution is -2.28. The summed E-state index contributed by atoms with van der Waals surface area (Å²) in [4.78, 5) is 29.7. The molecule has 0 bridgehead atoms. The van der Waals surface area contributed by atoms with Gasteiger partial charge < -0.3 is 10.6 Å². The molecular weight excluding hydrogens is 389 g/mol. The lowest BCUT2D eigenvalue weighted by atomic mass is 9.94. The van der Waals surface area contributed by atoms with E-state index in [1.54, 1.807) is 30.3 Å². The molecule has 1 aliphatic heterocycles. The van der Waals surface area contributed by atoms with E-state index in [9.17, 15) is 9.59 Å². The van der Waals surface area contributed by atoms with Crippen LogP contribution in [0.5, 0.6) is 0 Å². The molecule has 0 aliphatic carbocycles. The molecule has 0 spiro atoms. The van der Waals surface area contributed by atoms with Crippen LogP contribution in [0.3, 0.4) is 0 Å². The monoisotopic (exact) mass is 407 g/mol. The highest BCUT2D eigenvalue weighted by Gasteiger charge is 2.21. The van der Waals surface area contributed by atoms with Crippen molar-refractivity contribution < 1.29 is 4.79 Å². The van der Waals surface area contributed by atoms with E-state index in [4.69, 9.17) is 11.6 Å². The average Bonchev–Trinajstić information content (AvgIpc) is 3.09. The molecule has 142 valence electrons. The van der Waals surface area contributed by atoms with E-state index in [1.807, 2.05) is 0 Å². The molecular formula is C18H19Cl2N5O2. The van der Waals surface area contributed by atoms with Crippen LogP contribution in [0, 0.1) is 0 Å². The van der Waals surface area contributed by atoms with E-state index in [0.717, 1.165) is 31.6 Å². The number of benzene rings is 1. The lowest BCUT2D eigenvalue weighted by molar-refractivity contribution is 0.102. The molecule has 27 heavy (non-hydrogen) atoms. The van der Waals surface area contributed by atoms with E-state index in [0.29, 0.717) is 21.9 Å². The molecule has 1 aromatic carbocycles. The number of amides is 1. The van der Waals surface area contributed by atoms with Crippen LogP contribution >= 0.6 is 24.0 Å². The van der Waals surface area contributed by atoms with Crippen LogP contribution in [0.4, 0.5) is 5.69 Å². The highest BCUT2D eigenvalue weighted by atomic mass is 35.5. The van der Waals surface area contributed by atoms with Crippen molar-refractivity contribution in [3.8, 4) is 0 Å². The number of fused-ring (bicyclic) bond motifs is 1. The third kappa shape index (κ3) is 4.00. The number of carbonyl (C=O) groups is 1. The Kier molecular flexibility index (Phi) is 5.84. The minimum Gasteiger partial charge on any atom is -0.322 e. The van der Waals surface area contributed by atoms with Gasteiger partial charge in [-0.1, -0.05) is 11.6 Å². The van der Waals surface area contributed by atoms with Gasteiger partial charge in [0.25, 0.3) is 11.5 Å². The van der Waals surface area contributed by atoms with Crippen molar-refractivity contribution in [2.45, 2.75) is 18.8 Å². The molecule has 0 unspecified atom stereocenters. The summed E-state index contributed by atoms with van der Waals surface area (Å²) in [5.41, 5.74) is 1.83. The summed E-state index contributed by atoms with van der Waals surface area (Å²) in [6.07, 6.45) is 3.36. The second-order valence-corrected chi connectivity index (χ2v) is 6.79. The fraction of sp³-hybridized carbons (Fsp3) is 0.278. The zero-order chi connectivity index (χ0) is 18.1. The number of aromatic nitrogens is 3. The van der Waals surface area contributed by atoms with Gasteiger partial charge in [-0.2, -0.15) is 0 Å². The smallest absolute Gasteiger partial charge is 0.272 e. The van der Waals surface area contributed by atoms with Crippen LogP contribution in [0.15, 0.2) is 41.3 Å². The second kappa shape index (κ2) is 8.12. The number of anilines is 1. The van der Waals surface area contributed by atoms with Crippen molar-refractivity contribution in [3.05, 3.63) is 63.2 Å². The molecule has 9 heteroatoms. The Morgan fingerprint density at radius 2 is 1.93 bits per heavy atom. The number of piperidine rings is 1. The number of hydrogen-bond acceptors (Lipinski definition) is 4. The predicted molar refractivity (Wildman–Crippen MR) is 107 cm³/mol. The Labute approximate surface area is 166 Å². The third-order valence-electron chi connectivity index (χ3n) is 4.62. The Morgan fingerprint density at radius 3 is 2.63 bits per heavy atom. The van der Waals surface area contributed by atoms with Crippen molar-refractivity contribution >= 4 is 41.2 Å². The largest absolute Gasteiger partial charge is 0.322 e. The van der Waals surface area contributed by atoms with Crippen molar-refractivity contribution in [2.24, 2.45) is 0 Å². The zero-order valence-corrected chi connectivity index (χ0v) is 15.9. The standard InChI is InChI=1S/C18H18ClN5O2.ClH/c19-12-1-3-13(4-2-12)22-18(26)14-10-21-24-16(25)9-15(23-17(14)24)11-5-7-20-8-6-11;/h1-4,9-11,20-21H,5-8H2,(H,22,26);1H. The number of hydrogen-bond donors (Lipinski definition) is 3. The molecule has 1 saturated heterocycles. The predicted octanol–water partition coefficient (Wildman–Crippen LogP) is 2.82. The van der Waals surface area contributed by atoms with Gasteiger partial charge in [-0.3, -0.25) is 14.7 Å². The minimum atomic E-state index is -0.333. The van der Waals surface area contributed by atoms with Crippen LogP contribution in [0.1, 0.15) is 34.8 Å². The fourth-order valence-corrected chi connectivity index (χ4v) is 3.35. The molecule has 3 aromatic rings. The number of carbonyl (C=O) groups excluding carboxylic acids is 1. The summed E-state index contributed by atoms with van der Waals surface area (Å²) >= 11 is 5.86. The molecule has 2 aromatic heterocycles. The third-order valence-corrected chi connectivity index (χ3v) is 4.87. The molecule has 0 saturated carbocycles. The number of nitrogens with one attached hydrogen (secondary N) is 3. The van der Waals surface area contributed by atoms with Crippen molar-refractivity contribution in [3.63, 3.8) is 0 Å². The van der Waals surface area contributed by atoms with Gasteiger partial charge in [-0.15, -0.1) is 12.4 Å². The molecule has 1 fully saturated rings. The number of H-pyrrole nitrogens is 1. The van der Waals surface area contributed by atoms with Crippen LogP contribution in [0.25, 0.3) is 5.65 Å². The topological polar surface area (TPSA) is 91.3 Å². The Balaban J connectivity index is 0.00000210. The summed E-state index contributed by atoms with van der Waals surface area (Å²) in [6, 6.07) is 8.39. The minimum absolute atomic E-state index is 0. The van der Waals surface area contributed by atoms with E-state index in [2.05, 4.69) is 20.7 Å². The number of aromatic amines is 1. The maximum Gasteiger partial charge on any atom is 0.272 e. The molecule has 7 nitrogen and oxygen atoms in total. The highest BCUT2D eigenvalue weighted by Crippen LogP contribution is 2.23. The van der Waals surface area contributed by atoms with E-state index < -0.39 is 0 Å². The molecule has 4 rings (SSSR count). The van der Waals surface area contributed by atoms with E-state index in [-0.39, 0.29) is 29.8 Å². The normalized spacial score (nSPS) is 14.7. The Hall–Kier alpha value is -2.35. The lowest BCUT2D eigenvalue weighted by Gasteiger charge is -2.21. The van der Waals surface area contributed by atoms with Crippen LogP contribution in [0.2, 0.25) is 5.02 Å². The SMILES string of the molecule is Cl.O=C(Nc1ccc(Cl)cc1)c1c[nH]n2c(=O)cc(C3CCNCC3)nc12. The van der Waals surface area contributed by atoms with E-state index in [1.165, 1.54) is 10.7 Å². The second-order valence-electron chi connectivity index (χ2n) is 6.35. The number of rotatable bonds is 3. The van der Waals surface area contributed by atoms with Crippen molar-refractivity contribution in [1.29, 1.82) is 0 Å².